The molecule has 1 aromatic heterocycles. The number of aromatic nitrogens is 2. The molecule has 1 N–H and O–H groups in total. The first kappa shape index (κ1) is 16.5. The Labute approximate surface area is 146 Å². The van der Waals surface area contributed by atoms with Gasteiger partial charge in [-0.3, -0.25) is 0 Å². The number of para-hydroxylation sites is 1. The van der Waals surface area contributed by atoms with Crippen LogP contribution in [-0.2, 0) is 0 Å². The molecule has 0 spiro atoms. The Hall–Kier alpha value is -2.33. The number of fused-ring (bicyclic) bond motifs is 1. The highest BCUT2D eigenvalue weighted by Gasteiger charge is 2.03. The van der Waals surface area contributed by atoms with E-state index in [0.717, 1.165) is 41.9 Å². The fourth-order valence-electron chi connectivity index (χ4n) is 2.49. The summed E-state index contributed by atoms with van der Waals surface area (Å²) >= 11 is 6.06. The first-order valence-electron chi connectivity index (χ1n) is 8.06. The van der Waals surface area contributed by atoms with Crippen LogP contribution in [0, 0.1) is 6.92 Å². The lowest BCUT2D eigenvalue weighted by atomic mass is 10.1. The lowest BCUT2D eigenvalue weighted by molar-refractivity contribution is 0.308. The average Bonchev–Trinajstić information content (AvgIpc) is 2.59. The molecule has 0 amide bonds. The van der Waals surface area contributed by atoms with Crippen molar-refractivity contribution in [2.75, 3.05) is 18.5 Å². The van der Waals surface area contributed by atoms with Gasteiger partial charge in [0, 0.05) is 11.9 Å². The first-order valence-corrected chi connectivity index (χ1v) is 8.44. The Morgan fingerprint density at radius 2 is 1.96 bits per heavy atom. The lowest BCUT2D eigenvalue weighted by Gasteiger charge is -2.10. The number of nitrogens with one attached hydrogen (secondary N) is 1. The predicted molar refractivity (Wildman–Crippen MR) is 98.9 cm³/mol. The van der Waals surface area contributed by atoms with Crippen molar-refractivity contribution in [2.24, 2.45) is 0 Å². The molecule has 0 aliphatic carbocycles. The van der Waals surface area contributed by atoms with Crippen LogP contribution in [0.5, 0.6) is 5.75 Å². The Balaban J connectivity index is 1.47. The second-order valence-corrected chi connectivity index (χ2v) is 6.06. The molecule has 0 radical (unpaired) electrons. The molecule has 0 unspecified atom stereocenters. The maximum Gasteiger partial charge on any atom is 0.137 e. The van der Waals surface area contributed by atoms with Gasteiger partial charge in [-0.25, -0.2) is 9.97 Å². The summed E-state index contributed by atoms with van der Waals surface area (Å²) in [7, 11) is 0. The summed E-state index contributed by atoms with van der Waals surface area (Å²) in [5, 5.41) is 5.10. The van der Waals surface area contributed by atoms with Crippen LogP contribution in [0.15, 0.2) is 48.8 Å². The molecule has 0 atom stereocenters. The zero-order valence-corrected chi connectivity index (χ0v) is 14.4. The zero-order chi connectivity index (χ0) is 16.8. The van der Waals surface area contributed by atoms with Gasteiger partial charge >= 0.3 is 0 Å². The summed E-state index contributed by atoms with van der Waals surface area (Å²) in [5.41, 5.74) is 2.16. The highest BCUT2D eigenvalue weighted by atomic mass is 35.5. The van der Waals surface area contributed by atoms with E-state index < -0.39 is 0 Å². The normalized spacial score (nSPS) is 10.8. The monoisotopic (exact) mass is 341 g/mol. The molecule has 3 rings (SSSR count). The Morgan fingerprint density at radius 1 is 1.08 bits per heavy atom. The number of unbranched alkanes of at least 4 members (excludes halogenated alkanes) is 1. The van der Waals surface area contributed by atoms with E-state index >= 15 is 0 Å². The summed E-state index contributed by atoms with van der Waals surface area (Å²) in [6.45, 7) is 3.56. The predicted octanol–water partition coefficient (Wildman–Crippen LogP) is 4.86. The SMILES string of the molecule is Cc1ccc2ncnc(NCCCCOc3ccccc3Cl)c2c1. The molecule has 1 heterocycles. The van der Waals surface area contributed by atoms with Gasteiger partial charge in [-0.1, -0.05) is 35.4 Å². The maximum atomic E-state index is 6.06. The van der Waals surface area contributed by atoms with Gasteiger partial charge in [-0.2, -0.15) is 0 Å². The van der Waals surface area contributed by atoms with E-state index in [1.54, 1.807) is 6.33 Å². The lowest BCUT2D eigenvalue weighted by Crippen LogP contribution is -2.06. The summed E-state index contributed by atoms with van der Waals surface area (Å²) in [6, 6.07) is 13.7. The topological polar surface area (TPSA) is 47.0 Å². The Bertz CT molecular complexity index is 823. The minimum atomic E-state index is 0.648. The van der Waals surface area contributed by atoms with Gasteiger partial charge in [-0.15, -0.1) is 0 Å². The fraction of sp³-hybridized carbons (Fsp3) is 0.263. The van der Waals surface area contributed by atoms with Crippen molar-refractivity contribution in [3.8, 4) is 5.75 Å². The number of anilines is 1. The fourth-order valence-corrected chi connectivity index (χ4v) is 2.68. The largest absolute Gasteiger partial charge is 0.492 e. The van der Waals surface area contributed by atoms with Crippen molar-refractivity contribution >= 4 is 28.3 Å². The van der Waals surface area contributed by atoms with Gasteiger partial charge in [0.15, 0.2) is 0 Å². The van der Waals surface area contributed by atoms with Gasteiger partial charge in [0.1, 0.15) is 17.9 Å². The molecular weight excluding hydrogens is 322 g/mol. The van der Waals surface area contributed by atoms with E-state index in [-0.39, 0.29) is 0 Å². The molecule has 0 aliphatic rings. The number of ether oxygens (including phenoxy) is 1. The van der Waals surface area contributed by atoms with Crippen molar-refractivity contribution in [3.05, 3.63) is 59.4 Å². The van der Waals surface area contributed by atoms with Crippen molar-refractivity contribution in [1.82, 2.24) is 9.97 Å². The smallest absolute Gasteiger partial charge is 0.137 e. The third-order valence-corrected chi connectivity index (χ3v) is 4.06. The van der Waals surface area contributed by atoms with E-state index in [1.807, 2.05) is 30.3 Å². The van der Waals surface area contributed by atoms with Crippen LogP contribution in [0.3, 0.4) is 0 Å². The Morgan fingerprint density at radius 3 is 2.83 bits per heavy atom. The minimum Gasteiger partial charge on any atom is -0.492 e. The third kappa shape index (κ3) is 4.15. The second-order valence-electron chi connectivity index (χ2n) is 5.66. The minimum absolute atomic E-state index is 0.648. The van der Waals surface area contributed by atoms with Gasteiger partial charge in [-0.05, 0) is 44.0 Å². The van der Waals surface area contributed by atoms with E-state index in [1.165, 1.54) is 5.56 Å². The average molecular weight is 342 g/mol. The number of benzene rings is 2. The number of hydrogen-bond donors (Lipinski definition) is 1. The number of nitrogens with zero attached hydrogens (tertiary/aromatic N) is 2. The van der Waals surface area contributed by atoms with E-state index in [9.17, 15) is 0 Å². The number of hydrogen-bond acceptors (Lipinski definition) is 4. The molecule has 4 nitrogen and oxygen atoms in total. The molecule has 0 bridgehead atoms. The molecule has 0 saturated carbocycles. The van der Waals surface area contributed by atoms with Crippen molar-refractivity contribution in [1.29, 1.82) is 0 Å². The van der Waals surface area contributed by atoms with Crippen molar-refractivity contribution in [2.45, 2.75) is 19.8 Å². The molecule has 0 fully saturated rings. The second kappa shape index (κ2) is 7.97. The van der Waals surface area contributed by atoms with Crippen LogP contribution >= 0.6 is 11.6 Å². The third-order valence-electron chi connectivity index (χ3n) is 3.75. The van der Waals surface area contributed by atoms with Crippen LogP contribution in [0.2, 0.25) is 5.02 Å². The van der Waals surface area contributed by atoms with Crippen LogP contribution in [0.4, 0.5) is 5.82 Å². The van der Waals surface area contributed by atoms with Gasteiger partial charge in [0.25, 0.3) is 0 Å². The molecular formula is C19H20ClN3O. The van der Waals surface area contributed by atoms with E-state index in [0.29, 0.717) is 11.6 Å². The number of aryl methyl sites for hydroxylation is 1. The van der Waals surface area contributed by atoms with E-state index in [2.05, 4.69) is 34.3 Å². The van der Waals surface area contributed by atoms with Crippen molar-refractivity contribution < 1.29 is 4.74 Å². The standard InChI is InChI=1S/C19H20ClN3O/c1-14-8-9-17-15(12-14)19(23-13-22-17)21-10-4-5-11-24-18-7-3-2-6-16(18)20/h2-3,6-9,12-13H,4-5,10-11H2,1H3,(H,21,22,23). The highest BCUT2D eigenvalue weighted by molar-refractivity contribution is 6.32. The van der Waals surface area contributed by atoms with Gasteiger partial charge in [0.05, 0.1) is 17.1 Å². The van der Waals surface area contributed by atoms with Crippen LogP contribution < -0.4 is 10.1 Å². The van der Waals surface area contributed by atoms with Gasteiger partial charge < -0.3 is 10.1 Å². The molecule has 24 heavy (non-hydrogen) atoms. The first-order chi connectivity index (χ1) is 11.7. The molecule has 0 saturated heterocycles. The van der Waals surface area contributed by atoms with Crippen LogP contribution in [0.1, 0.15) is 18.4 Å². The van der Waals surface area contributed by atoms with E-state index in [4.69, 9.17) is 16.3 Å². The summed E-state index contributed by atoms with van der Waals surface area (Å²) in [6.07, 6.45) is 3.53. The maximum absolute atomic E-state index is 6.06. The van der Waals surface area contributed by atoms with Crippen LogP contribution in [0.25, 0.3) is 10.9 Å². The summed E-state index contributed by atoms with van der Waals surface area (Å²) < 4.78 is 5.69. The molecule has 5 heteroatoms. The molecule has 3 aromatic rings. The number of halogens is 1. The van der Waals surface area contributed by atoms with Crippen molar-refractivity contribution in [3.63, 3.8) is 0 Å². The Kier molecular flexibility index (Phi) is 5.49. The van der Waals surface area contributed by atoms with Crippen LogP contribution in [-0.4, -0.2) is 23.1 Å². The summed E-state index contributed by atoms with van der Waals surface area (Å²) in [5.74, 6) is 1.63. The number of rotatable bonds is 7. The van der Waals surface area contributed by atoms with Gasteiger partial charge in [0.2, 0.25) is 0 Å². The highest BCUT2D eigenvalue weighted by Crippen LogP contribution is 2.23. The molecule has 0 aliphatic heterocycles. The molecule has 2 aromatic carbocycles. The summed E-state index contributed by atoms with van der Waals surface area (Å²) in [4.78, 5) is 8.65. The molecule has 124 valence electrons. The quantitative estimate of drug-likeness (QED) is 0.623. The zero-order valence-electron chi connectivity index (χ0n) is 13.6.